The molecule has 28 heavy (non-hydrogen) atoms. The second kappa shape index (κ2) is 7.02. The number of anilines is 2. The van der Waals surface area contributed by atoms with Crippen LogP contribution in [0, 0.1) is 0 Å². The quantitative estimate of drug-likeness (QED) is 0.518. The Labute approximate surface area is 164 Å². The molecular weight excluding hydrogens is 400 g/mol. The number of benzene rings is 1. The molecule has 3 heterocycles. The van der Waals surface area contributed by atoms with Crippen molar-refractivity contribution in [1.29, 1.82) is 0 Å². The first-order valence-electron chi connectivity index (χ1n) is 8.07. The summed E-state index contributed by atoms with van der Waals surface area (Å²) in [6.07, 6.45) is 6.57. The normalized spacial score (nSPS) is 11.5. The highest BCUT2D eigenvalue weighted by Gasteiger charge is 2.18. The van der Waals surface area contributed by atoms with Gasteiger partial charge in [0.05, 0.1) is 11.9 Å². The third-order valence-electron chi connectivity index (χ3n) is 3.70. The average molecular weight is 414 g/mol. The number of nitrogens with one attached hydrogen (secondary N) is 2. The van der Waals surface area contributed by atoms with Crippen molar-refractivity contribution in [3.05, 3.63) is 55.1 Å². The van der Waals surface area contributed by atoms with E-state index in [2.05, 4.69) is 25.0 Å². The summed E-state index contributed by atoms with van der Waals surface area (Å²) < 4.78 is 29.3. The monoisotopic (exact) mass is 414 g/mol. The Morgan fingerprint density at radius 1 is 1.18 bits per heavy atom. The van der Waals surface area contributed by atoms with Crippen LogP contribution in [0.5, 0.6) is 0 Å². The fourth-order valence-electron chi connectivity index (χ4n) is 2.48. The number of nitrogens with zero attached hydrogens (tertiary/aromatic N) is 4. The summed E-state index contributed by atoms with van der Waals surface area (Å²) in [6.45, 7) is 1.33. The molecule has 0 saturated carbocycles. The molecule has 4 rings (SSSR count). The van der Waals surface area contributed by atoms with Crippen LogP contribution in [0.4, 0.5) is 10.8 Å². The van der Waals surface area contributed by atoms with Gasteiger partial charge in [-0.3, -0.25) is 13.9 Å². The highest BCUT2D eigenvalue weighted by atomic mass is 32.2. The predicted molar refractivity (Wildman–Crippen MR) is 106 cm³/mol. The lowest BCUT2D eigenvalue weighted by atomic mass is 10.1. The van der Waals surface area contributed by atoms with Crippen molar-refractivity contribution in [2.75, 3.05) is 10.0 Å². The summed E-state index contributed by atoms with van der Waals surface area (Å²) >= 11 is 0.877. The van der Waals surface area contributed by atoms with Crippen molar-refractivity contribution in [3.63, 3.8) is 0 Å². The van der Waals surface area contributed by atoms with Crippen LogP contribution >= 0.6 is 11.3 Å². The lowest BCUT2D eigenvalue weighted by Crippen LogP contribution is -2.11. The number of hydrogen-bond donors (Lipinski definition) is 2. The van der Waals surface area contributed by atoms with Crippen LogP contribution in [0.2, 0.25) is 0 Å². The second-order valence-electron chi connectivity index (χ2n) is 5.80. The molecule has 0 saturated heterocycles. The smallest absolute Gasteiger partial charge is 0.273 e. The summed E-state index contributed by atoms with van der Waals surface area (Å²) in [5.74, 6) is 0.270. The van der Waals surface area contributed by atoms with Crippen LogP contribution in [0.1, 0.15) is 6.92 Å². The minimum Gasteiger partial charge on any atom is -0.302 e. The van der Waals surface area contributed by atoms with Gasteiger partial charge < -0.3 is 5.32 Å². The van der Waals surface area contributed by atoms with Crippen LogP contribution in [0.3, 0.4) is 0 Å². The van der Waals surface area contributed by atoms with E-state index in [0.29, 0.717) is 11.5 Å². The van der Waals surface area contributed by atoms with Crippen molar-refractivity contribution in [2.45, 2.75) is 11.1 Å². The Balaban J connectivity index is 1.53. The number of rotatable bonds is 5. The number of carbonyl (C=O) groups is 1. The van der Waals surface area contributed by atoms with Gasteiger partial charge in [0.25, 0.3) is 10.0 Å². The van der Waals surface area contributed by atoms with Gasteiger partial charge in [-0.05, 0) is 18.2 Å². The van der Waals surface area contributed by atoms with E-state index >= 15 is 0 Å². The second-order valence-corrected chi connectivity index (χ2v) is 8.74. The number of thiazole rings is 1. The van der Waals surface area contributed by atoms with Crippen LogP contribution in [-0.2, 0) is 14.8 Å². The molecule has 9 nitrogen and oxygen atoms in total. The molecule has 2 N–H and O–H groups in total. The number of fused-ring (bicyclic) bond motifs is 1. The molecule has 0 atom stereocenters. The molecule has 0 unspecified atom stereocenters. The average Bonchev–Trinajstić information content (AvgIpc) is 3.28. The molecular formula is C17H14N6O3S2. The fraction of sp³-hybridized carbons (Fsp3) is 0.0588. The Hall–Kier alpha value is -3.31. The summed E-state index contributed by atoms with van der Waals surface area (Å²) in [6, 6.07) is 8.66. The van der Waals surface area contributed by atoms with Gasteiger partial charge in [0, 0.05) is 36.8 Å². The molecule has 4 aromatic rings. The highest BCUT2D eigenvalue weighted by molar-refractivity contribution is 7.94. The number of imidazole rings is 1. The van der Waals surface area contributed by atoms with E-state index in [9.17, 15) is 13.2 Å². The largest absolute Gasteiger partial charge is 0.302 e. The van der Waals surface area contributed by atoms with E-state index in [0.717, 1.165) is 22.6 Å². The molecule has 0 aliphatic carbocycles. The molecule has 0 aliphatic rings. The zero-order chi connectivity index (χ0) is 19.7. The van der Waals surface area contributed by atoms with Gasteiger partial charge in [0.15, 0.2) is 9.34 Å². The van der Waals surface area contributed by atoms with Gasteiger partial charge >= 0.3 is 0 Å². The van der Waals surface area contributed by atoms with Gasteiger partial charge in [0.1, 0.15) is 0 Å². The maximum atomic E-state index is 12.5. The summed E-state index contributed by atoms with van der Waals surface area (Å²) in [5, 5.41) is 2.69. The summed E-state index contributed by atoms with van der Waals surface area (Å²) in [5.41, 5.74) is 1.97. The van der Waals surface area contributed by atoms with E-state index in [4.69, 9.17) is 0 Å². The standard InChI is InChI=1S/C17H14N6O3S2/c1-11(24)20-17-19-9-15(27-17)28(25,26)22-13-5-3-12(4-6-13)14-10-23-8-2-7-18-16(23)21-14/h2-10,22H,1H3,(H,19,20,24). The number of carbonyl (C=O) groups excluding carboxylic acids is 1. The maximum Gasteiger partial charge on any atom is 0.273 e. The first-order chi connectivity index (χ1) is 13.4. The minimum atomic E-state index is -3.80. The molecule has 1 aromatic carbocycles. The Bertz CT molecular complexity index is 1230. The third kappa shape index (κ3) is 3.70. The topological polar surface area (TPSA) is 118 Å². The lowest BCUT2D eigenvalue weighted by molar-refractivity contribution is -0.114. The molecule has 0 fully saturated rings. The number of amides is 1. The van der Waals surface area contributed by atoms with Crippen LogP contribution in [-0.4, -0.2) is 33.7 Å². The Morgan fingerprint density at radius 2 is 1.96 bits per heavy atom. The number of sulfonamides is 1. The molecule has 0 bridgehead atoms. The van der Waals surface area contributed by atoms with Crippen molar-refractivity contribution >= 4 is 43.9 Å². The van der Waals surface area contributed by atoms with Crippen LogP contribution in [0.25, 0.3) is 17.0 Å². The van der Waals surface area contributed by atoms with Gasteiger partial charge in [-0.2, -0.15) is 0 Å². The molecule has 0 radical (unpaired) electrons. The van der Waals surface area contributed by atoms with Crippen molar-refractivity contribution in [2.24, 2.45) is 0 Å². The first-order valence-corrected chi connectivity index (χ1v) is 10.4. The first kappa shape index (κ1) is 18.1. The van der Waals surface area contributed by atoms with E-state index in [1.165, 1.54) is 13.1 Å². The summed E-state index contributed by atoms with van der Waals surface area (Å²) in [7, 11) is -3.80. The number of aromatic nitrogens is 4. The summed E-state index contributed by atoms with van der Waals surface area (Å²) in [4.78, 5) is 23.5. The van der Waals surface area contributed by atoms with E-state index in [1.54, 1.807) is 30.5 Å². The highest BCUT2D eigenvalue weighted by Crippen LogP contribution is 2.26. The molecule has 0 spiro atoms. The SMILES string of the molecule is CC(=O)Nc1ncc(S(=O)(=O)Nc2ccc(-c3cn4cccnc4n3)cc2)s1. The molecule has 11 heteroatoms. The van der Waals surface area contributed by atoms with E-state index in [-0.39, 0.29) is 15.2 Å². The van der Waals surface area contributed by atoms with Gasteiger partial charge in [0.2, 0.25) is 11.7 Å². The zero-order valence-corrected chi connectivity index (χ0v) is 16.2. The van der Waals surface area contributed by atoms with E-state index < -0.39 is 10.0 Å². The Kier molecular flexibility index (Phi) is 4.53. The predicted octanol–water partition coefficient (Wildman–Crippen LogP) is 2.61. The Morgan fingerprint density at radius 3 is 2.68 bits per heavy atom. The van der Waals surface area contributed by atoms with Crippen molar-refractivity contribution < 1.29 is 13.2 Å². The lowest BCUT2D eigenvalue weighted by Gasteiger charge is -2.06. The van der Waals surface area contributed by atoms with E-state index in [1.807, 2.05) is 22.9 Å². The molecule has 3 aromatic heterocycles. The zero-order valence-electron chi connectivity index (χ0n) is 14.5. The van der Waals surface area contributed by atoms with Crippen LogP contribution in [0.15, 0.2) is 59.3 Å². The molecule has 142 valence electrons. The number of hydrogen-bond acceptors (Lipinski definition) is 7. The third-order valence-corrected chi connectivity index (χ3v) is 6.46. The molecule has 0 aliphatic heterocycles. The maximum absolute atomic E-state index is 12.5. The van der Waals surface area contributed by atoms with Crippen LogP contribution < -0.4 is 10.0 Å². The minimum absolute atomic E-state index is 0.00625. The van der Waals surface area contributed by atoms with Gasteiger partial charge in [-0.25, -0.2) is 23.4 Å². The van der Waals surface area contributed by atoms with Crippen molar-refractivity contribution in [3.8, 4) is 11.3 Å². The fourth-order valence-corrected chi connectivity index (χ4v) is 4.61. The van der Waals surface area contributed by atoms with Gasteiger partial charge in [-0.15, -0.1) is 0 Å². The molecule has 1 amide bonds. The van der Waals surface area contributed by atoms with Gasteiger partial charge in [-0.1, -0.05) is 23.5 Å². The van der Waals surface area contributed by atoms with Crippen molar-refractivity contribution in [1.82, 2.24) is 19.4 Å².